The molecule has 1 aromatic heterocycles. The average Bonchev–Trinajstić information content (AvgIpc) is 2.61. The molecule has 0 amide bonds. The summed E-state index contributed by atoms with van der Waals surface area (Å²) in [5.74, 6) is 1.47. The number of benzene rings is 2. The fraction of sp³-hybridized carbons (Fsp3) is 0.190. The van der Waals surface area contributed by atoms with Gasteiger partial charge in [0.25, 0.3) is 0 Å². The topological polar surface area (TPSA) is 48.7 Å². The Morgan fingerprint density at radius 1 is 1.04 bits per heavy atom. The van der Waals surface area contributed by atoms with Crippen molar-refractivity contribution in [3.63, 3.8) is 0 Å². The highest BCUT2D eigenvalue weighted by atomic mass is 16.5. The van der Waals surface area contributed by atoms with Crippen molar-refractivity contribution < 1.29 is 13.9 Å². The summed E-state index contributed by atoms with van der Waals surface area (Å²) in [4.78, 5) is 12.9. The third-order valence-electron chi connectivity index (χ3n) is 4.37. The molecule has 0 spiro atoms. The third-order valence-corrected chi connectivity index (χ3v) is 4.37. The Morgan fingerprint density at radius 2 is 1.80 bits per heavy atom. The largest absolute Gasteiger partial charge is 0.497 e. The van der Waals surface area contributed by atoms with Crippen LogP contribution in [0.3, 0.4) is 0 Å². The van der Waals surface area contributed by atoms with Gasteiger partial charge < -0.3 is 13.9 Å². The second-order valence-corrected chi connectivity index (χ2v) is 6.60. The normalized spacial score (nSPS) is 14.8. The molecule has 0 unspecified atom stereocenters. The number of fused-ring (bicyclic) bond motifs is 3. The van der Waals surface area contributed by atoms with Crippen LogP contribution in [0.15, 0.2) is 57.9 Å². The Labute approximate surface area is 145 Å². The van der Waals surface area contributed by atoms with E-state index in [1.165, 1.54) is 6.26 Å². The molecule has 4 nitrogen and oxygen atoms in total. The van der Waals surface area contributed by atoms with Crippen molar-refractivity contribution in [2.45, 2.75) is 19.4 Å². The van der Waals surface area contributed by atoms with Crippen LogP contribution >= 0.6 is 0 Å². The quantitative estimate of drug-likeness (QED) is 0.684. The summed E-state index contributed by atoms with van der Waals surface area (Å²) >= 11 is 0. The van der Waals surface area contributed by atoms with Gasteiger partial charge in [-0.05, 0) is 55.8 Å². The molecule has 4 heteroatoms. The maximum absolute atomic E-state index is 12.9. The molecular weight excluding hydrogens is 316 g/mol. The Balaban J connectivity index is 1.88. The molecule has 2 aromatic carbocycles. The maximum atomic E-state index is 12.9. The van der Waals surface area contributed by atoms with Gasteiger partial charge in [0.2, 0.25) is 5.43 Å². The van der Waals surface area contributed by atoms with Crippen molar-refractivity contribution in [3.8, 4) is 22.6 Å². The van der Waals surface area contributed by atoms with Gasteiger partial charge >= 0.3 is 0 Å². The number of hydrogen-bond donors (Lipinski definition) is 0. The van der Waals surface area contributed by atoms with Crippen LogP contribution < -0.4 is 14.9 Å². The van der Waals surface area contributed by atoms with Crippen LogP contribution in [0.2, 0.25) is 0 Å². The maximum Gasteiger partial charge on any atom is 0.200 e. The van der Waals surface area contributed by atoms with Crippen molar-refractivity contribution in [2.24, 2.45) is 0 Å². The van der Waals surface area contributed by atoms with E-state index in [1.54, 1.807) is 13.2 Å². The summed E-state index contributed by atoms with van der Waals surface area (Å²) in [5, 5.41) is 0.542. The first-order valence-electron chi connectivity index (χ1n) is 8.10. The van der Waals surface area contributed by atoms with Gasteiger partial charge in [-0.25, -0.2) is 0 Å². The zero-order chi connectivity index (χ0) is 17.6. The van der Waals surface area contributed by atoms with Gasteiger partial charge in [-0.1, -0.05) is 12.1 Å². The monoisotopic (exact) mass is 334 g/mol. The van der Waals surface area contributed by atoms with Gasteiger partial charge in [-0.15, -0.1) is 0 Å². The lowest BCUT2D eigenvalue weighted by Gasteiger charge is -2.27. The standard InChI is InChI=1S/C21H18O4/c1-21(2)11-10-15-18(25-21)9-8-16-19(22)17(12-24-20(15)16)13-4-6-14(23-3)7-5-13/h4-12H,1-3H3. The molecular formula is C21H18O4. The minimum atomic E-state index is -0.371. The second-order valence-electron chi connectivity index (χ2n) is 6.60. The zero-order valence-corrected chi connectivity index (χ0v) is 14.3. The smallest absolute Gasteiger partial charge is 0.200 e. The predicted molar refractivity (Wildman–Crippen MR) is 98.2 cm³/mol. The predicted octanol–water partition coefficient (Wildman–Crippen LogP) is 4.65. The van der Waals surface area contributed by atoms with E-state index in [1.807, 2.05) is 56.3 Å². The Morgan fingerprint density at radius 3 is 2.52 bits per heavy atom. The molecule has 2 heterocycles. The Hall–Kier alpha value is -3.01. The van der Waals surface area contributed by atoms with Crippen LogP contribution in [0.25, 0.3) is 28.2 Å². The van der Waals surface area contributed by atoms with Gasteiger partial charge in [0.15, 0.2) is 0 Å². The molecule has 0 aliphatic carbocycles. The zero-order valence-electron chi connectivity index (χ0n) is 14.3. The van der Waals surface area contributed by atoms with Crippen LogP contribution in [-0.4, -0.2) is 12.7 Å². The Bertz CT molecular complexity index is 1040. The second kappa shape index (κ2) is 5.52. The molecule has 0 fully saturated rings. The molecule has 0 saturated carbocycles. The minimum absolute atomic E-state index is 0.0625. The van der Waals surface area contributed by atoms with E-state index in [-0.39, 0.29) is 11.0 Å². The van der Waals surface area contributed by atoms with Gasteiger partial charge in [0.05, 0.1) is 23.6 Å². The van der Waals surface area contributed by atoms with E-state index >= 15 is 0 Å². The number of hydrogen-bond acceptors (Lipinski definition) is 4. The van der Waals surface area contributed by atoms with Crippen molar-refractivity contribution in [1.82, 2.24) is 0 Å². The molecule has 3 aromatic rings. The first kappa shape index (κ1) is 15.5. The lowest BCUT2D eigenvalue weighted by molar-refractivity contribution is 0.159. The third kappa shape index (κ3) is 2.60. The number of methoxy groups -OCH3 is 1. The van der Waals surface area contributed by atoms with E-state index in [2.05, 4.69) is 0 Å². The summed E-state index contributed by atoms with van der Waals surface area (Å²) in [7, 11) is 1.61. The van der Waals surface area contributed by atoms with E-state index in [0.29, 0.717) is 16.5 Å². The van der Waals surface area contributed by atoms with Crippen molar-refractivity contribution in [1.29, 1.82) is 0 Å². The minimum Gasteiger partial charge on any atom is -0.497 e. The van der Waals surface area contributed by atoms with E-state index in [4.69, 9.17) is 13.9 Å². The molecule has 0 radical (unpaired) electrons. The van der Waals surface area contributed by atoms with Gasteiger partial charge in [-0.2, -0.15) is 0 Å². The molecule has 0 saturated heterocycles. The van der Waals surface area contributed by atoms with Gasteiger partial charge in [0.1, 0.15) is 28.9 Å². The highest BCUT2D eigenvalue weighted by molar-refractivity contribution is 5.91. The Kier molecular flexibility index (Phi) is 3.42. The van der Waals surface area contributed by atoms with E-state index in [9.17, 15) is 4.79 Å². The van der Waals surface area contributed by atoms with E-state index in [0.717, 1.165) is 22.6 Å². The van der Waals surface area contributed by atoms with Crippen molar-refractivity contribution >= 4 is 17.0 Å². The molecule has 0 N–H and O–H groups in total. The first-order chi connectivity index (χ1) is 12.0. The van der Waals surface area contributed by atoms with Crippen LogP contribution in [0.4, 0.5) is 0 Å². The summed E-state index contributed by atoms with van der Waals surface area (Å²) in [5.41, 5.74) is 2.23. The molecule has 25 heavy (non-hydrogen) atoms. The van der Waals surface area contributed by atoms with Gasteiger partial charge in [0, 0.05) is 0 Å². The SMILES string of the molecule is COc1ccc(-c2coc3c4c(ccc3c2=O)OC(C)(C)C=C4)cc1. The molecule has 1 aliphatic rings. The summed E-state index contributed by atoms with van der Waals surface area (Å²) in [6, 6.07) is 10.9. The summed E-state index contributed by atoms with van der Waals surface area (Å²) < 4.78 is 16.9. The van der Waals surface area contributed by atoms with Crippen LogP contribution in [0.1, 0.15) is 19.4 Å². The van der Waals surface area contributed by atoms with Crippen LogP contribution in [0, 0.1) is 0 Å². The first-order valence-corrected chi connectivity index (χ1v) is 8.10. The fourth-order valence-electron chi connectivity index (χ4n) is 3.02. The average molecular weight is 334 g/mol. The van der Waals surface area contributed by atoms with Gasteiger partial charge in [-0.3, -0.25) is 4.79 Å². The van der Waals surface area contributed by atoms with Crippen molar-refractivity contribution in [3.05, 3.63) is 64.5 Å². The molecule has 0 bridgehead atoms. The molecule has 1 aliphatic heterocycles. The number of ether oxygens (including phenoxy) is 2. The van der Waals surface area contributed by atoms with Crippen LogP contribution in [-0.2, 0) is 0 Å². The molecule has 0 atom stereocenters. The highest BCUT2D eigenvalue weighted by Gasteiger charge is 2.24. The molecule has 4 rings (SSSR count). The number of rotatable bonds is 2. The van der Waals surface area contributed by atoms with Crippen LogP contribution in [0.5, 0.6) is 11.5 Å². The van der Waals surface area contributed by atoms with E-state index < -0.39 is 0 Å². The lowest BCUT2D eigenvalue weighted by Crippen LogP contribution is -2.27. The summed E-state index contributed by atoms with van der Waals surface area (Å²) in [6.07, 6.45) is 5.43. The van der Waals surface area contributed by atoms with Crippen molar-refractivity contribution in [2.75, 3.05) is 7.11 Å². The summed E-state index contributed by atoms with van der Waals surface area (Å²) in [6.45, 7) is 3.97. The fourth-order valence-corrected chi connectivity index (χ4v) is 3.02. The lowest BCUT2D eigenvalue weighted by atomic mass is 9.99. The highest BCUT2D eigenvalue weighted by Crippen LogP contribution is 2.35. The molecule has 126 valence electrons.